The molecule has 104 valence electrons. The van der Waals surface area contributed by atoms with Gasteiger partial charge in [-0.1, -0.05) is 29.8 Å². The molecule has 5 nitrogen and oxygen atoms in total. The molecule has 0 saturated heterocycles. The highest BCUT2D eigenvalue weighted by Crippen LogP contribution is 2.22. The molecule has 0 saturated carbocycles. The molecule has 20 heavy (non-hydrogen) atoms. The Labute approximate surface area is 122 Å². The number of carbonyl (C=O) groups is 1. The molecule has 2 rings (SSSR count). The van der Waals surface area contributed by atoms with Gasteiger partial charge in [0, 0.05) is 16.8 Å². The number of nitrogens with two attached hydrogens (primary N) is 1. The zero-order valence-electron chi connectivity index (χ0n) is 10.9. The highest BCUT2D eigenvalue weighted by atomic mass is 35.5. The van der Waals surface area contributed by atoms with Gasteiger partial charge in [0.1, 0.15) is 5.82 Å². The number of nitrogens with zero attached hydrogens (tertiary/aromatic N) is 1. The molecule has 0 aliphatic carbocycles. The first kappa shape index (κ1) is 14.3. The first-order valence-electron chi connectivity index (χ1n) is 6.09. The molecule has 0 aliphatic heterocycles. The Morgan fingerprint density at radius 3 is 2.80 bits per heavy atom. The van der Waals surface area contributed by atoms with Gasteiger partial charge in [-0.3, -0.25) is 4.79 Å². The van der Waals surface area contributed by atoms with Crippen LogP contribution < -0.4 is 16.6 Å². The van der Waals surface area contributed by atoms with Crippen LogP contribution in [0.5, 0.6) is 0 Å². The van der Waals surface area contributed by atoms with Crippen molar-refractivity contribution >= 4 is 23.3 Å². The van der Waals surface area contributed by atoms with Gasteiger partial charge in [-0.2, -0.15) is 0 Å². The van der Waals surface area contributed by atoms with Crippen molar-refractivity contribution in [3.8, 4) is 0 Å². The normalized spacial score (nSPS) is 11.8. The smallest absolute Gasteiger partial charge is 0.251 e. The van der Waals surface area contributed by atoms with Gasteiger partial charge in [-0.05, 0) is 30.7 Å². The minimum absolute atomic E-state index is 0.196. The van der Waals surface area contributed by atoms with Crippen LogP contribution in [0.2, 0.25) is 5.02 Å². The summed E-state index contributed by atoms with van der Waals surface area (Å²) in [4.78, 5) is 16.1. The lowest BCUT2D eigenvalue weighted by Crippen LogP contribution is -2.27. The largest absolute Gasteiger partial charge is 0.345 e. The number of nitrogen functional groups attached to an aromatic ring is 1. The van der Waals surface area contributed by atoms with E-state index in [2.05, 4.69) is 15.7 Å². The van der Waals surface area contributed by atoms with Crippen molar-refractivity contribution in [3.05, 3.63) is 58.7 Å². The highest BCUT2D eigenvalue weighted by molar-refractivity contribution is 6.31. The topological polar surface area (TPSA) is 80.0 Å². The molecule has 1 heterocycles. The van der Waals surface area contributed by atoms with Crippen LogP contribution >= 0.6 is 11.6 Å². The number of halogens is 1. The summed E-state index contributed by atoms with van der Waals surface area (Å²) in [6, 6.07) is 10.4. The molecule has 2 aromatic rings. The molecule has 6 heteroatoms. The van der Waals surface area contributed by atoms with E-state index in [-0.39, 0.29) is 11.9 Å². The van der Waals surface area contributed by atoms with E-state index in [0.29, 0.717) is 16.4 Å². The Balaban J connectivity index is 2.13. The lowest BCUT2D eigenvalue weighted by atomic mass is 10.1. The third kappa shape index (κ3) is 3.26. The second-order valence-corrected chi connectivity index (χ2v) is 4.70. The molecular formula is C14H15ClN4O. The molecular weight excluding hydrogens is 276 g/mol. The molecule has 0 radical (unpaired) electrons. The number of hydrogen-bond acceptors (Lipinski definition) is 4. The maximum absolute atomic E-state index is 12.2. The van der Waals surface area contributed by atoms with Crippen molar-refractivity contribution in [3.63, 3.8) is 0 Å². The number of carbonyl (C=O) groups excluding carboxylic acids is 1. The van der Waals surface area contributed by atoms with Gasteiger partial charge < -0.3 is 10.7 Å². The minimum Gasteiger partial charge on any atom is -0.345 e. The molecule has 0 bridgehead atoms. The summed E-state index contributed by atoms with van der Waals surface area (Å²) in [6.45, 7) is 1.88. The highest BCUT2D eigenvalue weighted by Gasteiger charge is 2.14. The average Bonchev–Trinajstić information content (AvgIpc) is 2.47. The lowest BCUT2D eigenvalue weighted by molar-refractivity contribution is 0.0940. The summed E-state index contributed by atoms with van der Waals surface area (Å²) >= 11 is 6.11. The summed E-state index contributed by atoms with van der Waals surface area (Å²) in [5.74, 6) is 5.49. The number of hydrogen-bond donors (Lipinski definition) is 3. The van der Waals surface area contributed by atoms with Crippen molar-refractivity contribution < 1.29 is 4.79 Å². The van der Waals surface area contributed by atoms with Crippen LogP contribution in [0.1, 0.15) is 28.9 Å². The molecule has 0 fully saturated rings. The molecule has 4 N–H and O–H groups in total. The van der Waals surface area contributed by atoms with Crippen LogP contribution in [-0.4, -0.2) is 10.9 Å². The third-order valence-electron chi connectivity index (χ3n) is 2.89. The van der Waals surface area contributed by atoms with Gasteiger partial charge in [0.2, 0.25) is 0 Å². The van der Waals surface area contributed by atoms with E-state index in [0.717, 1.165) is 5.56 Å². The van der Waals surface area contributed by atoms with Gasteiger partial charge >= 0.3 is 0 Å². The SMILES string of the molecule is CC(NC(=O)c1ccnc(NN)c1)c1ccccc1Cl. The lowest BCUT2D eigenvalue weighted by Gasteiger charge is -2.15. The number of anilines is 1. The summed E-state index contributed by atoms with van der Waals surface area (Å²) in [5, 5.41) is 3.51. The quantitative estimate of drug-likeness (QED) is 0.597. The van der Waals surface area contributed by atoms with Crippen LogP contribution in [0.4, 0.5) is 5.82 Å². The maximum Gasteiger partial charge on any atom is 0.251 e. The van der Waals surface area contributed by atoms with E-state index >= 15 is 0 Å². The van der Waals surface area contributed by atoms with Gasteiger partial charge in [0.25, 0.3) is 5.91 Å². The summed E-state index contributed by atoms with van der Waals surface area (Å²) in [6.07, 6.45) is 1.52. The summed E-state index contributed by atoms with van der Waals surface area (Å²) in [7, 11) is 0. The standard InChI is InChI=1S/C14H15ClN4O/c1-9(11-4-2-3-5-12(11)15)18-14(20)10-6-7-17-13(8-10)19-16/h2-9H,16H2,1H3,(H,17,19)(H,18,20). The third-order valence-corrected chi connectivity index (χ3v) is 3.23. The number of hydrazine groups is 1. The minimum atomic E-state index is -0.212. The van der Waals surface area contributed by atoms with Gasteiger partial charge in [-0.25, -0.2) is 10.8 Å². The molecule has 1 unspecified atom stereocenters. The second kappa shape index (κ2) is 6.36. The van der Waals surface area contributed by atoms with E-state index < -0.39 is 0 Å². The molecule has 0 aliphatic rings. The fourth-order valence-electron chi connectivity index (χ4n) is 1.83. The van der Waals surface area contributed by atoms with Crippen molar-refractivity contribution in [2.24, 2.45) is 5.84 Å². The van der Waals surface area contributed by atoms with E-state index in [4.69, 9.17) is 17.4 Å². The molecule has 0 spiro atoms. The molecule has 1 aromatic heterocycles. The zero-order chi connectivity index (χ0) is 14.5. The Bertz CT molecular complexity index is 618. The molecule has 1 atom stereocenters. The maximum atomic E-state index is 12.2. The number of benzene rings is 1. The van der Waals surface area contributed by atoms with Gasteiger partial charge in [-0.15, -0.1) is 0 Å². The van der Waals surface area contributed by atoms with Crippen molar-refractivity contribution in [2.75, 3.05) is 5.43 Å². The average molecular weight is 291 g/mol. The van der Waals surface area contributed by atoms with Gasteiger partial charge in [0.15, 0.2) is 0 Å². The van der Waals surface area contributed by atoms with E-state index in [1.165, 1.54) is 6.20 Å². The Morgan fingerprint density at radius 2 is 2.10 bits per heavy atom. The number of nitrogens with one attached hydrogen (secondary N) is 2. The van der Waals surface area contributed by atoms with Crippen LogP contribution in [0.25, 0.3) is 0 Å². The molecule has 1 amide bonds. The summed E-state index contributed by atoms with van der Waals surface area (Å²) < 4.78 is 0. The molecule has 1 aromatic carbocycles. The van der Waals surface area contributed by atoms with Gasteiger partial charge in [0.05, 0.1) is 6.04 Å². The Kier molecular flexibility index (Phi) is 4.55. The first-order chi connectivity index (χ1) is 9.61. The monoisotopic (exact) mass is 290 g/mol. The van der Waals surface area contributed by atoms with E-state index in [9.17, 15) is 4.79 Å². The number of rotatable bonds is 4. The van der Waals surface area contributed by atoms with Crippen molar-refractivity contribution in [2.45, 2.75) is 13.0 Å². The zero-order valence-corrected chi connectivity index (χ0v) is 11.7. The first-order valence-corrected chi connectivity index (χ1v) is 6.47. The van der Waals surface area contributed by atoms with Crippen LogP contribution in [0.15, 0.2) is 42.6 Å². The number of amides is 1. The van der Waals surface area contributed by atoms with Crippen LogP contribution in [-0.2, 0) is 0 Å². The summed E-state index contributed by atoms with van der Waals surface area (Å²) in [5.41, 5.74) is 3.75. The Morgan fingerprint density at radius 1 is 1.35 bits per heavy atom. The Hall–Kier alpha value is -2.11. The second-order valence-electron chi connectivity index (χ2n) is 4.29. The predicted molar refractivity (Wildman–Crippen MR) is 79.4 cm³/mol. The van der Waals surface area contributed by atoms with E-state index in [1.54, 1.807) is 18.2 Å². The van der Waals surface area contributed by atoms with E-state index in [1.807, 2.05) is 25.1 Å². The fourth-order valence-corrected chi connectivity index (χ4v) is 2.13. The van der Waals surface area contributed by atoms with Crippen LogP contribution in [0, 0.1) is 0 Å². The fraction of sp³-hybridized carbons (Fsp3) is 0.143. The number of aromatic nitrogens is 1. The van der Waals surface area contributed by atoms with Crippen LogP contribution in [0.3, 0.4) is 0 Å². The number of pyridine rings is 1. The van der Waals surface area contributed by atoms with Crippen molar-refractivity contribution in [1.82, 2.24) is 10.3 Å². The predicted octanol–water partition coefficient (Wildman–Crippen LogP) is 2.51. The van der Waals surface area contributed by atoms with Crippen molar-refractivity contribution in [1.29, 1.82) is 0 Å².